The Hall–Kier alpha value is -3.66. The first-order chi connectivity index (χ1) is 12.4. The molecular weight excluding hydrogens is 360 g/mol. The SMILES string of the molecule is O=C(/C=C/c1ccccc1[N+](=O)[O-])Nc1nc2ccc([N+](=O)[O-])cc2s1. The molecule has 0 unspecified atom stereocenters. The molecule has 2 aromatic carbocycles. The smallest absolute Gasteiger partial charge is 0.276 e. The molecule has 0 saturated carbocycles. The van der Waals surface area contributed by atoms with E-state index in [-0.39, 0.29) is 16.5 Å². The Labute approximate surface area is 149 Å². The number of nitrogens with one attached hydrogen (secondary N) is 1. The third-order valence-corrected chi connectivity index (χ3v) is 4.29. The van der Waals surface area contributed by atoms with E-state index in [1.165, 1.54) is 42.5 Å². The number of fused-ring (bicyclic) bond motifs is 1. The number of hydrogen-bond acceptors (Lipinski definition) is 7. The summed E-state index contributed by atoms with van der Waals surface area (Å²) in [5.41, 5.74) is 0.658. The fourth-order valence-corrected chi connectivity index (χ4v) is 3.09. The zero-order chi connectivity index (χ0) is 18.7. The second-order valence-electron chi connectivity index (χ2n) is 5.07. The van der Waals surface area contributed by atoms with Gasteiger partial charge in [0.05, 0.1) is 25.6 Å². The van der Waals surface area contributed by atoms with E-state index in [4.69, 9.17) is 0 Å². The summed E-state index contributed by atoms with van der Waals surface area (Å²) in [6, 6.07) is 10.3. The summed E-state index contributed by atoms with van der Waals surface area (Å²) < 4.78 is 0.567. The number of carbonyl (C=O) groups excluding carboxylic acids is 1. The number of non-ortho nitro benzene ring substituents is 1. The van der Waals surface area contributed by atoms with Crippen molar-refractivity contribution in [3.05, 3.63) is 74.3 Å². The highest BCUT2D eigenvalue weighted by Crippen LogP contribution is 2.29. The number of nitro benzene ring substituents is 2. The zero-order valence-corrected chi connectivity index (χ0v) is 13.8. The number of aromatic nitrogens is 1. The van der Waals surface area contributed by atoms with E-state index in [2.05, 4.69) is 10.3 Å². The number of rotatable bonds is 5. The predicted octanol–water partition coefficient (Wildman–Crippen LogP) is 3.76. The molecule has 0 saturated heterocycles. The molecule has 3 aromatic rings. The Balaban J connectivity index is 1.77. The first-order valence-electron chi connectivity index (χ1n) is 7.21. The van der Waals surface area contributed by atoms with Gasteiger partial charge < -0.3 is 0 Å². The Morgan fingerprint density at radius 1 is 1.12 bits per heavy atom. The van der Waals surface area contributed by atoms with Crippen molar-refractivity contribution in [1.29, 1.82) is 0 Å². The molecule has 1 aromatic heterocycles. The molecule has 1 N–H and O–H groups in total. The summed E-state index contributed by atoms with van der Waals surface area (Å²) >= 11 is 1.10. The molecule has 1 amide bonds. The lowest BCUT2D eigenvalue weighted by Crippen LogP contribution is -2.07. The van der Waals surface area contributed by atoms with Gasteiger partial charge in [0, 0.05) is 24.3 Å². The lowest BCUT2D eigenvalue weighted by Gasteiger charge is -1.97. The largest absolute Gasteiger partial charge is 0.298 e. The third-order valence-electron chi connectivity index (χ3n) is 3.36. The van der Waals surface area contributed by atoms with Crippen molar-refractivity contribution in [2.45, 2.75) is 0 Å². The number of benzene rings is 2. The minimum atomic E-state index is -0.530. The van der Waals surface area contributed by atoms with Gasteiger partial charge in [-0.15, -0.1) is 0 Å². The fourth-order valence-electron chi connectivity index (χ4n) is 2.19. The van der Waals surface area contributed by atoms with Crippen LogP contribution in [0.5, 0.6) is 0 Å². The maximum atomic E-state index is 12.0. The summed E-state index contributed by atoms with van der Waals surface area (Å²) in [5.74, 6) is -0.517. The van der Waals surface area contributed by atoms with Crippen LogP contribution in [0.15, 0.2) is 48.5 Å². The maximum absolute atomic E-state index is 12.0. The summed E-state index contributed by atoms with van der Waals surface area (Å²) in [6.45, 7) is 0. The van der Waals surface area contributed by atoms with Gasteiger partial charge in [-0.05, 0) is 18.2 Å². The average Bonchev–Trinajstić information content (AvgIpc) is 3.01. The maximum Gasteiger partial charge on any atom is 0.276 e. The van der Waals surface area contributed by atoms with Crippen LogP contribution in [0, 0.1) is 20.2 Å². The van der Waals surface area contributed by atoms with Crippen molar-refractivity contribution in [1.82, 2.24) is 4.98 Å². The molecular formula is C16H10N4O5S. The first kappa shape index (κ1) is 17.2. The van der Waals surface area contributed by atoms with Crippen molar-refractivity contribution < 1.29 is 14.6 Å². The van der Waals surface area contributed by atoms with Crippen LogP contribution in [0.25, 0.3) is 16.3 Å². The lowest BCUT2D eigenvalue weighted by molar-refractivity contribution is -0.385. The van der Waals surface area contributed by atoms with E-state index in [1.54, 1.807) is 6.07 Å². The molecule has 0 aliphatic heterocycles. The van der Waals surface area contributed by atoms with Crippen molar-refractivity contribution in [2.24, 2.45) is 0 Å². The van der Waals surface area contributed by atoms with Gasteiger partial charge in [-0.2, -0.15) is 0 Å². The molecule has 9 nitrogen and oxygen atoms in total. The number of nitro groups is 2. The molecule has 3 rings (SSSR count). The zero-order valence-electron chi connectivity index (χ0n) is 13.0. The van der Waals surface area contributed by atoms with Crippen molar-refractivity contribution >= 4 is 50.0 Å². The molecule has 0 radical (unpaired) electrons. The van der Waals surface area contributed by atoms with E-state index < -0.39 is 15.8 Å². The van der Waals surface area contributed by atoms with Gasteiger partial charge in [-0.1, -0.05) is 23.5 Å². The minimum absolute atomic E-state index is 0.0599. The third kappa shape index (κ3) is 3.70. The van der Waals surface area contributed by atoms with Crippen LogP contribution in [-0.4, -0.2) is 20.7 Å². The van der Waals surface area contributed by atoms with Gasteiger partial charge in [0.15, 0.2) is 5.13 Å². The Morgan fingerprint density at radius 3 is 2.62 bits per heavy atom. The normalized spacial score (nSPS) is 10.9. The number of amides is 1. The molecule has 0 spiro atoms. The molecule has 0 aliphatic carbocycles. The number of thiazole rings is 1. The molecule has 0 fully saturated rings. The Bertz CT molecular complexity index is 1060. The van der Waals surface area contributed by atoms with Crippen molar-refractivity contribution in [3.8, 4) is 0 Å². The molecule has 26 heavy (non-hydrogen) atoms. The number of carbonyl (C=O) groups is 1. The van der Waals surface area contributed by atoms with E-state index in [1.807, 2.05) is 0 Å². The van der Waals surface area contributed by atoms with E-state index in [9.17, 15) is 25.0 Å². The molecule has 130 valence electrons. The summed E-state index contributed by atoms with van der Waals surface area (Å²) in [4.78, 5) is 36.9. The van der Waals surface area contributed by atoms with Gasteiger partial charge in [0.1, 0.15) is 0 Å². The van der Waals surface area contributed by atoms with Crippen LogP contribution in [0.4, 0.5) is 16.5 Å². The molecule has 10 heteroatoms. The van der Waals surface area contributed by atoms with Gasteiger partial charge in [0.2, 0.25) is 5.91 Å². The summed E-state index contributed by atoms with van der Waals surface area (Å²) in [7, 11) is 0. The molecule has 1 heterocycles. The number of para-hydroxylation sites is 1. The number of nitrogens with zero attached hydrogens (tertiary/aromatic N) is 3. The van der Waals surface area contributed by atoms with E-state index >= 15 is 0 Å². The molecule has 0 bridgehead atoms. The number of anilines is 1. The second kappa shape index (κ2) is 7.07. The topological polar surface area (TPSA) is 128 Å². The Kier molecular flexibility index (Phi) is 4.67. The van der Waals surface area contributed by atoms with Crippen LogP contribution in [0.2, 0.25) is 0 Å². The highest BCUT2D eigenvalue weighted by atomic mass is 32.1. The molecule has 0 aliphatic rings. The highest BCUT2D eigenvalue weighted by Gasteiger charge is 2.12. The van der Waals surface area contributed by atoms with E-state index in [0.29, 0.717) is 15.8 Å². The first-order valence-corrected chi connectivity index (χ1v) is 8.03. The van der Waals surface area contributed by atoms with Gasteiger partial charge >= 0.3 is 0 Å². The summed E-state index contributed by atoms with van der Waals surface area (Å²) in [6.07, 6.45) is 2.50. The number of hydrogen-bond donors (Lipinski definition) is 1. The van der Waals surface area contributed by atoms with Crippen molar-refractivity contribution in [2.75, 3.05) is 5.32 Å². The van der Waals surface area contributed by atoms with Gasteiger partial charge in [0.25, 0.3) is 11.4 Å². The van der Waals surface area contributed by atoms with Crippen LogP contribution in [0.3, 0.4) is 0 Å². The average molecular weight is 370 g/mol. The van der Waals surface area contributed by atoms with Crippen LogP contribution in [-0.2, 0) is 4.79 Å². The molecule has 0 atom stereocenters. The van der Waals surface area contributed by atoms with Crippen molar-refractivity contribution in [3.63, 3.8) is 0 Å². The standard InChI is InChI=1S/C16H10N4O5S/c21-15(8-5-10-3-1-2-4-13(10)20(24)25)18-16-17-12-7-6-11(19(22)23)9-14(12)26-16/h1-9H,(H,17,18,21)/b8-5+. The quantitative estimate of drug-likeness (QED) is 0.413. The minimum Gasteiger partial charge on any atom is -0.298 e. The van der Waals surface area contributed by atoms with Crippen LogP contribution >= 0.6 is 11.3 Å². The monoisotopic (exact) mass is 370 g/mol. The summed E-state index contributed by atoms with van der Waals surface area (Å²) in [5, 5.41) is 24.6. The second-order valence-corrected chi connectivity index (χ2v) is 6.10. The Morgan fingerprint density at radius 2 is 1.88 bits per heavy atom. The van der Waals surface area contributed by atoms with E-state index in [0.717, 1.165) is 17.4 Å². The van der Waals surface area contributed by atoms with Gasteiger partial charge in [-0.3, -0.25) is 30.3 Å². The van der Waals surface area contributed by atoms with Gasteiger partial charge in [-0.25, -0.2) is 4.98 Å². The lowest BCUT2D eigenvalue weighted by atomic mass is 10.1. The van der Waals surface area contributed by atoms with Crippen LogP contribution < -0.4 is 5.32 Å². The highest BCUT2D eigenvalue weighted by molar-refractivity contribution is 7.22. The van der Waals surface area contributed by atoms with Crippen LogP contribution in [0.1, 0.15) is 5.56 Å². The fraction of sp³-hybridized carbons (Fsp3) is 0. The predicted molar refractivity (Wildman–Crippen MR) is 97.0 cm³/mol.